The third-order valence-corrected chi connectivity index (χ3v) is 7.63. The summed E-state index contributed by atoms with van der Waals surface area (Å²) < 4.78 is 11.7. The van der Waals surface area contributed by atoms with Crippen LogP contribution in [0.25, 0.3) is 11.1 Å². The zero-order chi connectivity index (χ0) is 31.1. The van der Waals surface area contributed by atoms with E-state index in [9.17, 15) is 14.7 Å². The highest BCUT2D eigenvalue weighted by atomic mass is 16.5. The maximum atomic E-state index is 13.6. The minimum absolute atomic E-state index is 0.0968. The Morgan fingerprint density at radius 1 is 0.750 bits per heavy atom. The molecule has 0 saturated carbocycles. The maximum Gasteiger partial charge on any atom is 0.407 e. The van der Waals surface area contributed by atoms with Crippen LogP contribution in [-0.4, -0.2) is 48.0 Å². The van der Waals surface area contributed by atoms with Gasteiger partial charge in [-0.2, -0.15) is 0 Å². The smallest absolute Gasteiger partial charge is 0.407 e. The highest BCUT2D eigenvalue weighted by Crippen LogP contribution is 2.44. The highest BCUT2D eigenvalue weighted by Gasteiger charge is 2.30. The lowest BCUT2D eigenvalue weighted by molar-refractivity contribution is -0.124. The zero-order valence-electron chi connectivity index (χ0n) is 25.5. The van der Waals surface area contributed by atoms with E-state index in [4.69, 9.17) is 9.47 Å². The summed E-state index contributed by atoms with van der Waals surface area (Å²) in [7, 11) is 0. The van der Waals surface area contributed by atoms with Crippen LogP contribution in [0.1, 0.15) is 48.9 Å². The molecule has 7 heteroatoms. The first-order valence-corrected chi connectivity index (χ1v) is 15.0. The Morgan fingerprint density at radius 2 is 1.32 bits per heavy atom. The van der Waals surface area contributed by atoms with Gasteiger partial charge in [0.05, 0.1) is 12.6 Å². The highest BCUT2D eigenvalue weighted by molar-refractivity contribution is 5.86. The lowest BCUT2D eigenvalue weighted by Gasteiger charge is -2.24. The van der Waals surface area contributed by atoms with Gasteiger partial charge in [-0.05, 0) is 72.7 Å². The number of rotatable bonds is 11. The Labute approximate surface area is 259 Å². The number of fused-ring (bicyclic) bond motifs is 3. The summed E-state index contributed by atoms with van der Waals surface area (Å²) in [6.07, 6.45) is 0.0119. The number of carbonyl (C=O) groups is 2. The number of hydrogen-bond acceptors (Lipinski definition) is 5. The van der Waals surface area contributed by atoms with Gasteiger partial charge in [0, 0.05) is 12.3 Å². The van der Waals surface area contributed by atoms with Crippen molar-refractivity contribution in [2.75, 3.05) is 13.2 Å². The number of alkyl carbamates (subject to hydrolysis) is 1. The van der Waals surface area contributed by atoms with Crippen molar-refractivity contribution in [3.8, 4) is 16.9 Å². The largest absolute Gasteiger partial charge is 0.488 e. The number of hydrogen-bond donors (Lipinski definition) is 3. The molecule has 0 fully saturated rings. The fraction of sp³-hybridized carbons (Fsp3) is 0.297. The van der Waals surface area contributed by atoms with Gasteiger partial charge in [-0.25, -0.2) is 4.79 Å². The zero-order valence-corrected chi connectivity index (χ0v) is 25.5. The van der Waals surface area contributed by atoms with E-state index in [0.29, 0.717) is 6.42 Å². The van der Waals surface area contributed by atoms with Crippen molar-refractivity contribution in [2.45, 2.75) is 57.2 Å². The van der Waals surface area contributed by atoms with Crippen molar-refractivity contribution in [3.63, 3.8) is 0 Å². The average Bonchev–Trinajstić information content (AvgIpc) is 3.33. The third kappa shape index (κ3) is 7.85. The number of aliphatic hydroxyl groups excluding tert-OH is 1. The van der Waals surface area contributed by atoms with Crippen LogP contribution in [0.3, 0.4) is 0 Å². The molecule has 1 aliphatic rings. The van der Waals surface area contributed by atoms with E-state index >= 15 is 0 Å². The first-order chi connectivity index (χ1) is 21.2. The number of amides is 2. The molecule has 228 valence electrons. The second kappa shape index (κ2) is 13.8. The molecule has 44 heavy (non-hydrogen) atoms. The maximum absolute atomic E-state index is 13.6. The van der Waals surface area contributed by atoms with Crippen LogP contribution in [0.2, 0.25) is 0 Å². The van der Waals surface area contributed by atoms with E-state index in [1.807, 2.05) is 99.6 Å². The van der Waals surface area contributed by atoms with Gasteiger partial charge in [-0.15, -0.1) is 0 Å². The lowest BCUT2D eigenvalue weighted by Crippen LogP contribution is -2.52. The number of benzene rings is 4. The Kier molecular flexibility index (Phi) is 9.65. The van der Waals surface area contributed by atoms with Crippen LogP contribution in [0, 0.1) is 0 Å². The quantitative estimate of drug-likeness (QED) is 0.198. The average molecular weight is 593 g/mol. The summed E-state index contributed by atoms with van der Waals surface area (Å²) in [4.78, 5) is 26.8. The van der Waals surface area contributed by atoms with Crippen molar-refractivity contribution in [1.82, 2.24) is 10.6 Å². The molecule has 2 amide bonds. The van der Waals surface area contributed by atoms with Gasteiger partial charge >= 0.3 is 6.09 Å². The second-order valence-electron chi connectivity index (χ2n) is 12.2. The van der Waals surface area contributed by atoms with Gasteiger partial charge in [0.25, 0.3) is 0 Å². The first-order valence-electron chi connectivity index (χ1n) is 15.0. The third-order valence-electron chi connectivity index (χ3n) is 7.63. The van der Waals surface area contributed by atoms with E-state index in [1.165, 1.54) is 0 Å². The predicted octanol–water partition coefficient (Wildman–Crippen LogP) is 6.03. The van der Waals surface area contributed by atoms with E-state index in [-0.39, 0.29) is 31.2 Å². The molecular weight excluding hydrogens is 552 g/mol. The minimum Gasteiger partial charge on any atom is -0.488 e. The fourth-order valence-electron chi connectivity index (χ4n) is 5.64. The molecule has 3 N–H and O–H groups in total. The fourth-order valence-corrected chi connectivity index (χ4v) is 5.64. The molecule has 4 aromatic rings. The molecule has 4 aromatic carbocycles. The summed E-state index contributed by atoms with van der Waals surface area (Å²) >= 11 is 0. The van der Waals surface area contributed by atoms with Crippen molar-refractivity contribution in [2.24, 2.45) is 0 Å². The Bertz CT molecular complexity index is 1520. The summed E-state index contributed by atoms with van der Waals surface area (Å²) in [6.45, 7) is 5.84. The van der Waals surface area contributed by atoms with E-state index in [0.717, 1.165) is 39.1 Å². The summed E-state index contributed by atoms with van der Waals surface area (Å²) in [5.74, 6) is 0.221. The summed E-state index contributed by atoms with van der Waals surface area (Å²) in [5.41, 5.74) is 5.99. The predicted molar refractivity (Wildman–Crippen MR) is 172 cm³/mol. The van der Waals surface area contributed by atoms with Gasteiger partial charge < -0.3 is 25.2 Å². The molecule has 0 aliphatic heterocycles. The first kappa shape index (κ1) is 30.8. The molecule has 2 atom stereocenters. The lowest BCUT2D eigenvalue weighted by atomic mass is 9.98. The van der Waals surface area contributed by atoms with Crippen molar-refractivity contribution >= 4 is 12.0 Å². The molecule has 7 nitrogen and oxygen atoms in total. The second-order valence-corrected chi connectivity index (χ2v) is 12.2. The standard InChI is InChI=1S/C37H40N2O5/c1-37(2,3)44-28-19-17-26(18-20-28)22-34(35(41)38-27(23-40)21-25-11-5-4-6-12-25)39-36(42)43-24-33-31-15-9-7-13-29(31)30-14-8-10-16-32(30)33/h4-20,27,33-34,40H,21-24H2,1-3H3,(H,38,41)(H,39,42)/t27-,34-/m0/s1. The van der Waals surface area contributed by atoms with Crippen molar-refractivity contribution in [3.05, 3.63) is 125 Å². The molecular formula is C37H40N2O5. The van der Waals surface area contributed by atoms with Crippen LogP contribution in [0.15, 0.2) is 103 Å². The van der Waals surface area contributed by atoms with Crippen LogP contribution >= 0.6 is 0 Å². The number of nitrogens with one attached hydrogen (secondary N) is 2. The molecule has 0 radical (unpaired) electrons. The molecule has 0 heterocycles. The number of ether oxygens (including phenoxy) is 2. The Balaban J connectivity index is 1.29. The molecule has 0 unspecified atom stereocenters. The van der Waals surface area contributed by atoms with Gasteiger partial charge in [0.1, 0.15) is 24.0 Å². The number of aliphatic hydroxyl groups is 1. The monoisotopic (exact) mass is 592 g/mol. The molecule has 5 rings (SSSR count). The van der Waals surface area contributed by atoms with Crippen LogP contribution in [0.5, 0.6) is 5.75 Å². The molecule has 0 bridgehead atoms. The van der Waals surface area contributed by atoms with Crippen molar-refractivity contribution < 1.29 is 24.2 Å². The molecule has 0 aromatic heterocycles. The van der Waals surface area contributed by atoms with E-state index in [1.54, 1.807) is 0 Å². The minimum atomic E-state index is -0.926. The van der Waals surface area contributed by atoms with Crippen LogP contribution < -0.4 is 15.4 Å². The Morgan fingerprint density at radius 3 is 1.91 bits per heavy atom. The molecule has 1 aliphatic carbocycles. The van der Waals surface area contributed by atoms with E-state index in [2.05, 4.69) is 34.9 Å². The van der Waals surface area contributed by atoms with Gasteiger partial charge in [0.15, 0.2) is 0 Å². The van der Waals surface area contributed by atoms with E-state index < -0.39 is 24.1 Å². The summed E-state index contributed by atoms with van der Waals surface area (Å²) in [5, 5.41) is 15.8. The number of carbonyl (C=O) groups excluding carboxylic acids is 2. The SMILES string of the molecule is CC(C)(C)Oc1ccc(C[C@H](NC(=O)OCC2c3ccccc3-c3ccccc32)C(=O)N[C@H](CO)Cc2ccccc2)cc1. The van der Waals surface area contributed by atoms with Crippen LogP contribution in [-0.2, 0) is 22.4 Å². The normalized spacial score (nSPS) is 13.7. The Hall–Kier alpha value is -4.62. The molecule has 0 spiro atoms. The topological polar surface area (TPSA) is 96.9 Å². The van der Waals surface area contributed by atoms with Gasteiger partial charge in [-0.3, -0.25) is 4.79 Å². The van der Waals surface area contributed by atoms with Crippen LogP contribution in [0.4, 0.5) is 4.79 Å². The van der Waals surface area contributed by atoms with Crippen molar-refractivity contribution in [1.29, 1.82) is 0 Å². The van der Waals surface area contributed by atoms with Gasteiger partial charge in [-0.1, -0.05) is 91.0 Å². The van der Waals surface area contributed by atoms with Gasteiger partial charge in [0.2, 0.25) is 5.91 Å². The summed E-state index contributed by atoms with van der Waals surface area (Å²) in [6, 6.07) is 32.0. The molecule has 0 saturated heterocycles.